The Bertz CT molecular complexity index is 943. The molecule has 0 saturated heterocycles. The first-order chi connectivity index (χ1) is 13.0. The van der Waals surface area contributed by atoms with Crippen molar-refractivity contribution in [3.8, 4) is 0 Å². The highest BCUT2D eigenvalue weighted by Gasteiger charge is 2.23. The highest BCUT2D eigenvalue weighted by Crippen LogP contribution is 2.32. The molecule has 5 nitrogen and oxygen atoms in total. The minimum absolute atomic E-state index is 0.00204. The van der Waals surface area contributed by atoms with E-state index in [0.717, 1.165) is 10.5 Å². The third kappa shape index (κ3) is 4.74. The number of thioether (sulfide) groups is 1. The Morgan fingerprint density at radius 2 is 1.59 bits per heavy atom. The van der Waals surface area contributed by atoms with Crippen LogP contribution in [0.5, 0.6) is 0 Å². The van der Waals surface area contributed by atoms with E-state index in [1.54, 1.807) is 30.3 Å². The Balaban J connectivity index is 1.88. The molecule has 1 atom stereocenters. The molecule has 0 aliphatic rings. The molecule has 1 unspecified atom stereocenters. The third-order valence-corrected chi connectivity index (χ3v) is 5.40. The Hall–Kier alpha value is -3.12. The fourth-order valence-corrected chi connectivity index (χ4v) is 3.87. The van der Waals surface area contributed by atoms with Crippen LogP contribution in [0.1, 0.15) is 15.9 Å². The number of benzene rings is 3. The van der Waals surface area contributed by atoms with Crippen molar-refractivity contribution in [1.29, 1.82) is 0 Å². The molecule has 27 heavy (non-hydrogen) atoms. The molecule has 2 N–H and O–H groups in total. The van der Waals surface area contributed by atoms with Gasteiger partial charge in [0.15, 0.2) is 5.78 Å². The number of para-hydroxylation sites is 1. The second kappa shape index (κ2) is 8.51. The SMILES string of the molecule is Nc1ccccc1SC(Cc1ccc([N+](=O)[O-])cc1)C(=O)c1ccccc1. The summed E-state index contributed by atoms with van der Waals surface area (Å²) >= 11 is 1.42. The van der Waals surface area contributed by atoms with Crippen LogP contribution in [0, 0.1) is 10.1 Å². The number of carbonyl (C=O) groups excluding carboxylic acids is 1. The van der Waals surface area contributed by atoms with Crippen LogP contribution in [0.4, 0.5) is 11.4 Å². The van der Waals surface area contributed by atoms with Crippen molar-refractivity contribution in [2.45, 2.75) is 16.6 Å². The highest BCUT2D eigenvalue weighted by atomic mass is 32.2. The number of nitrogens with two attached hydrogens (primary N) is 1. The maximum absolute atomic E-state index is 13.1. The third-order valence-electron chi connectivity index (χ3n) is 4.11. The zero-order chi connectivity index (χ0) is 19.2. The lowest BCUT2D eigenvalue weighted by Crippen LogP contribution is -2.20. The van der Waals surface area contributed by atoms with Gasteiger partial charge in [-0.15, -0.1) is 11.8 Å². The summed E-state index contributed by atoms with van der Waals surface area (Å²) in [7, 11) is 0. The summed E-state index contributed by atoms with van der Waals surface area (Å²) in [5, 5.41) is 10.4. The van der Waals surface area contributed by atoms with Crippen molar-refractivity contribution in [2.75, 3.05) is 5.73 Å². The Labute approximate surface area is 161 Å². The summed E-state index contributed by atoms with van der Waals surface area (Å²) in [6.45, 7) is 0. The minimum atomic E-state index is -0.435. The van der Waals surface area contributed by atoms with E-state index < -0.39 is 10.2 Å². The molecule has 0 amide bonds. The number of carbonyl (C=O) groups is 1. The van der Waals surface area contributed by atoms with Crippen LogP contribution in [0.15, 0.2) is 83.8 Å². The average molecular weight is 378 g/mol. The summed E-state index contributed by atoms with van der Waals surface area (Å²) in [5.74, 6) is 0.00204. The number of rotatable bonds is 7. The van der Waals surface area contributed by atoms with Gasteiger partial charge in [-0.3, -0.25) is 14.9 Å². The molecular formula is C21H18N2O3S. The second-order valence-corrected chi connectivity index (χ2v) is 7.25. The number of hydrogen-bond donors (Lipinski definition) is 1. The second-order valence-electron chi connectivity index (χ2n) is 6.00. The summed E-state index contributed by atoms with van der Waals surface area (Å²) in [6, 6.07) is 22.8. The zero-order valence-corrected chi connectivity index (χ0v) is 15.3. The molecule has 0 bridgehead atoms. The van der Waals surface area contributed by atoms with Crippen molar-refractivity contribution < 1.29 is 9.72 Å². The molecule has 0 aromatic heterocycles. The van der Waals surface area contributed by atoms with Gasteiger partial charge in [-0.1, -0.05) is 54.6 Å². The van der Waals surface area contributed by atoms with E-state index in [2.05, 4.69) is 0 Å². The van der Waals surface area contributed by atoms with Gasteiger partial charge in [0.25, 0.3) is 5.69 Å². The number of ketones is 1. The summed E-state index contributed by atoms with van der Waals surface area (Å²) in [6.07, 6.45) is 0.449. The fourth-order valence-electron chi connectivity index (χ4n) is 2.69. The van der Waals surface area contributed by atoms with Crippen LogP contribution in [0.2, 0.25) is 0 Å². The van der Waals surface area contributed by atoms with Gasteiger partial charge in [0, 0.05) is 28.3 Å². The smallest absolute Gasteiger partial charge is 0.269 e. The van der Waals surface area contributed by atoms with E-state index in [1.165, 1.54) is 23.9 Å². The lowest BCUT2D eigenvalue weighted by atomic mass is 10.0. The maximum Gasteiger partial charge on any atom is 0.269 e. The van der Waals surface area contributed by atoms with Gasteiger partial charge in [0.05, 0.1) is 10.2 Å². The van der Waals surface area contributed by atoms with Gasteiger partial charge in [0.2, 0.25) is 0 Å². The highest BCUT2D eigenvalue weighted by molar-refractivity contribution is 8.00. The monoisotopic (exact) mass is 378 g/mol. The fraction of sp³-hybridized carbons (Fsp3) is 0.0952. The van der Waals surface area contributed by atoms with Gasteiger partial charge >= 0.3 is 0 Å². The number of nitrogen functional groups attached to an aromatic ring is 1. The molecule has 6 heteroatoms. The molecule has 0 fully saturated rings. The van der Waals surface area contributed by atoms with E-state index in [0.29, 0.717) is 17.7 Å². The quantitative estimate of drug-likeness (QED) is 0.210. The van der Waals surface area contributed by atoms with Crippen LogP contribution in [-0.2, 0) is 6.42 Å². The molecule has 0 heterocycles. The van der Waals surface area contributed by atoms with Crippen molar-refractivity contribution in [2.24, 2.45) is 0 Å². The van der Waals surface area contributed by atoms with Gasteiger partial charge < -0.3 is 5.73 Å². The molecule has 136 valence electrons. The largest absolute Gasteiger partial charge is 0.398 e. The number of nitro groups is 1. The number of Topliss-reactive ketones (excluding diaryl/α,β-unsaturated/α-hetero) is 1. The summed E-state index contributed by atoms with van der Waals surface area (Å²) < 4.78 is 0. The van der Waals surface area contributed by atoms with Crippen molar-refractivity contribution in [3.05, 3.63) is 100 Å². The van der Waals surface area contributed by atoms with Crippen molar-refractivity contribution in [3.63, 3.8) is 0 Å². The summed E-state index contributed by atoms with van der Waals surface area (Å²) in [5.41, 5.74) is 8.19. The number of anilines is 1. The number of non-ortho nitro benzene ring substituents is 1. The van der Waals surface area contributed by atoms with Crippen LogP contribution in [0.3, 0.4) is 0 Å². The van der Waals surface area contributed by atoms with Crippen LogP contribution < -0.4 is 5.73 Å². The Morgan fingerprint density at radius 1 is 0.963 bits per heavy atom. The average Bonchev–Trinajstić information content (AvgIpc) is 2.69. The first-order valence-corrected chi connectivity index (χ1v) is 9.26. The minimum Gasteiger partial charge on any atom is -0.398 e. The van der Waals surface area contributed by atoms with Crippen LogP contribution in [0.25, 0.3) is 0 Å². The van der Waals surface area contributed by atoms with Gasteiger partial charge in [-0.05, 0) is 24.1 Å². The normalized spacial score (nSPS) is 11.7. The Kier molecular flexibility index (Phi) is 5.88. The first kappa shape index (κ1) is 18.7. The number of nitro benzene ring substituents is 1. The van der Waals surface area contributed by atoms with E-state index in [4.69, 9.17) is 5.73 Å². The van der Waals surface area contributed by atoms with Crippen molar-refractivity contribution in [1.82, 2.24) is 0 Å². The predicted molar refractivity (Wildman–Crippen MR) is 108 cm³/mol. The predicted octanol–water partition coefficient (Wildman–Crippen LogP) is 4.76. The van der Waals surface area contributed by atoms with Gasteiger partial charge in [0.1, 0.15) is 0 Å². The van der Waals surface area contributed by atoms with E-state index in [9.17, 15) is 14.9 Å². The molecule has 0 radical (unpaired) electrons. The van der Waals surface area contributed by atoms with Crippen molar-refractivity contribution >= 4 is 28.9 Å². The molecular weight excluding hydrogens is 360 g/mol. The zero-order valence-electron chi connectivity index (χ0n) is 14.4. The lowest BCUT2D eigenvalue weighted by Gasteiger charge is -2.17. The number of nitrogens with zero attached hydrogens (tertiary/aromatic N) is 1. The van der Waals surface area contributed by atoms with E-state index >= 15 is 0 Å². The van der Waals surface area contributed by atoms with Crippen LogP contribution in [-0.4, -0.2) is 16.0 Å². The molecule has 3 rings (SSSR count). The molecule has 0 spiro atoms. The number of hydrogen-bond acceptors (Lipinski definition) is 5. The topological polar surface area (TPSA) is 86.2 Å². The Morgan fingerprint density at radius 3 is 2.22 bits per heavy atom. The maximum atomic E-state index is 13.1. The van der Waals surface area contributed by atoms with Crippen LogP contribution >= 0.6 is 11.8 Å². The van der Waals surface area contributed by atoms with Gasteiger partial charge in [-0.2, -0.15) is 0 Å². The van der Waals surface area contributed by atoms with E-state index in [1.807, 2.05) is 36.4 Å². The standard InChI is InChI=1S/C21H18N2O3S/c22-18-8-4-5-9-19(18)27-20(21(24)16-6-2-1-3-7-16)14-15-10-12-17(13-11-15)23(25)26/h1-13,20H,14,22H2. The molecule has 0 aliphatic carbocycles. The molecule has 0 saturated carbocycles. The first-order valence-electron chi connectivity index (χ1n) is 8.38. The molecule has 0 aliphatic heterocycles. The summed E-state index contributed by atoms with van der Waals surface area (Å²) in [4.78, 5) is 24.3. The molecule has 3 aromatic rings. The molecule has 3 aromatic carbocycles. The lowest BCUT2D eigenvalue weighted by molar-refractivity contribution is -0.384. The van der Waals surface area contributed by atoms with Gasteiger partial charge in [-0.25, -0.2) is 0 Å². The van der Waals surface area contributed by atoms with E-state index in [-0.39, 0.29) is 11.5 Å².